The van der Waals surface area contributed by atoms with Crippen molar-refractivity contribution in [3.8, 4) is 0 Å². The summed E-state index contributed by atoms with van der Waals surface area (Å²) in [5.74, 6) is 2.37. The molecule has 1 N–H and O–H groups in total. The lowest BCUT2D eigenvalue weighted by Crippen LogP contribution is -2.28. The number of hydrogen-bond donors (Lipinski definition) is 1. The van der Waals surface area contributed by atoms with E-state index in [-0.39, 0.29) is 0 Å². The van der Waals surface area contributed by atoms with E-state index in [0.717, 1.165) is 6.54 Å². The lowest BCUT2D eigenvalue weighted by atomic mass is 10.3. The van der Waals surface area contributed by atoms with Crippen molar-refractivity contribution >= 4 is 11.8 Å². The number of nitrogens with zero attached hydrogens (tertiary/aromatic N) is 2. The summed E-state index contributed by atoms with van der Waals surface area (Å²) < 4.78 is 1.91. The highest BCUT2D eigenvalue weighted by molar-refractivity contribution is 7.99. The molecule has 0 saturated carbocycles. The van der Waals surface area contributed by atoms with Gasteiger partial charge in [0.2, 0.25) is 0 Å². The Labute approximate surface area is 90.3 Å². The van der Waals surface area contributed by atoms with Gasteiger partial charge in [-0.15, -0.1) is 0 Å². The van der Waals surface area contributed by atoms with Crippen LogP contribution < -0.4 is 5.32 Å². The van der Waals surface area contributed by atoms with Crippen LogP contribution >= 0.6 is 11.8 Å². The minimum absolute atomic E-state index is 0.565. The fourth-order valence-electron chi connectivity index (χ4n) is 1.21. The van der Waals surface area contributed by atoms with Gasteiger partial charge in [-0.25, -0.2) is 0 Å². The van der Waals surface area contributed by atoms with Crippen molar-refractivity contribution in [2.45, 2.75) is 26.4 Å². The maximum Gasteiger partial charge on any atom is 0.0518 e. The normalized spacial score (nSPS) is 13.1. The highest BCUT2D eigenvalue weighted by Crippen LogP contribution is 2.02. The van der Waals surface area contributed by atoms with Crippen molar-refractivity contribution < 1.29 is 0 Å². The standard InChI is InChI=1S/C10H19N3S/c1-4-14-8-9(2)11-7-10-5-6-12-13(10)3/h5-6,9,11H,4,7-8H2,1-3H3. The van der Waals surface area contributed by atoms with Gasteiger partial charge in [-0.2, -0.15) is 16.9 Å². The molecule has 0 saturated heterocycles. The van der Waals surface area contributed by atoms with Crippen LogP contribution in [0.1, 0.15) is 19.5 Å². The smallest absolute Gasteiger partial charge is 0.0518 e. The first-order chi connectivity index (χ1) is 6.74. The Balaban J connectivity index is 2.23. The van der Waals surface area contributed by atoms with Crippen LogP contribution in [0, 0.1) is 0 Å². The molecule has 0 amide bonds. The molecule has 3 nitrogen and oxygen atoms in total. The molecule has 1 heterocycles. The molecule has 80 valence electrons. The molecule has 1 aromatic rings. The summed E-state index contributed by atoms with van der Waals surface area (Å²) in [6, 6.07) is 2.61. The van der Waals surface area contributed by atoms with Gasteiger partial charge in [-0.3, -0.25) is 4.68 Å². The molecule has 0 aliphatic rings. The Morgan fingerprint density at radius 2 is 2.43 bits per heavy atom. The van der Waals surface area contributed by atoms with Gasteiger partial charge in [0, 0.05) is 31.6 Å². The molecule has 1 atom stereocenters. The fraction of sp³-hybridized carbons (Fsp3) is 0.700. The number of nitrogens with one attached hydrogen (secondary N) is 1. The zero-order chi connectivity index (χ0) is 10.4. The van der Waals surface area contributed by atoms with E-state index in [1.807, 2.05) is 35.8 Å². The van der Waals surface area contributed by atoms with E-state index in [4.69, 9.17) is 0 Å². The third-order valence-corrected chi connectivity index (χ3v) is 3.27. The molecule has 1 rings (SSSR count). The highest BCUT2D eigenvalue weighted by Gasteiger charge is 2.02. The Hall–Kier alpha value is -0.480. The van der Waals surface area contributed by atoms with Crippen LogP contribution in [0.2, 0.25) is 0 Å². The van der Waals surface area contributed by atoms with E-state index in [0.29, 0.717) is 6.04 Å². The second-order valence-electron chi connectivity index (χ2n) is 3.39. The van der Waals surface area contributed by atoms with Crippen LogP contribution in [0.25, 0.3) is 0 Å². The van der Waals surface area contributed by atoms with Gasteiger partial charge in [-0.05, 0) is 18.7 Å². The molecule has 14 heavy (non-hydrogen) atoms. The monoisotopic (exact) mass is 213 g/mol. The van der Waals surface area contributed by atoms with Crippen LogP contribution in [0.4, 0.5) is 0 Å². The van der Waals surface area contributed by atoms with Crippen molar-refractivity contribution in [1.29, 1.82) is 0 Å². The lowest BCUT2D eigenvalue weighted by molar-refractivity contribution is 0.565. The molecule has 0 aromatic carbocycles. The van der Waals surface area contributed by atoms with Gasteiger partial charge in [0.15, 0.2) is 0 Å². The summed E-state index contributed by atoms with van der Waals surface area (Å²) in [6.45, 7) is 5.32. The average molecular weight is 213 g/mol. The SMILES string of the molecule is CCSCC(C)NCc1ccnn1C. The minimum Gasteiger partial charge on any atom is -0.308 e. The van der Waals surface area contributed by atoms with Crippen molar-refractivity contribution in [1.82, 2.24) is 15.1 Å². The van der Waals surface area contributed by atoms with E-state index in [2.05, 4.69) is 24.3 Å². The molecule has 0 aliphatic carbocycles. The second-order valence-corrected chi connectivity index (χ2v) is 4.71. The van der Waals surface area contributed by atoms with Crippen LogP contribution in [-0.2, 0) is 13.6 Å². The van der Waals surface area contributed by atoms with E-state index in [9.17, 15) is 0 Å². The largest absolute Gasteiger partial charge is 0.308 e. The fourth-order valence-corrected chi connectivity index (χ4v) is 1.91. The quantitative estimate of drug-likeness (QED) is 0.779. The third kappa shape index (κ3) is 3.72. The van der Waals surface area contributed by atoms with Crippen LogP contribution in [0.15, 0.2) is 12.3 Å². The van der Waals surface area contributed by atoms with Crippen molar-refractivity contribution in [2.24, 2.45) is 7.05 Å². The average Bonchev–Trinajstić information content (AvgIpc) is 2.58. The van der Waals surface area contributed by atoms with Crippen LogP contribution in [-0.4, -0.2) is 27.3 Å². The van der Waals surface area contributed by atoms with E-state index in [1.54, 1.807) is 0 Å². The topological polar surface area (TPSA) is 29.9 Å². The second kappa shape index (κ2) is 6.09. The van der Waals surface area contributed by atoms with Crippen molar-refractivity contribution in [3.05, 3.63) is 18.0 Å². The minimum atomic E-state index is 0.565. The summed E-state index contributed by atoms with van der Waals surface area (Å²) >= 11 is 1.97. The Morgan fingerprint density at radius 1 is 1.64 bits per heavy atom. The maximum absolute atomic E-state index is 4.13. The molecular formula is C10H19N3S. The van der Waals surface area contributed by atoms with Gasteiger partial charge in [0.1, 0.15) is 0 Å². The Bertz CT molecular complexity index is 260. The molecular weight excluding hydrogens is 194 g/mol. The zero-order valence-electron chi connectivity index (χ0n) is 9.16. The van der Waals surface area contributed by atoms with Gasteiger partial charge in [-0.1, -0.05) is 6.92 Å². The van der Waals surface area contributed by atoms with Crippen molar-refractivity contribution in [2.75, 3.05) is 11.5 Å². The number of aromatic nitrogens is 2. The third-order valence-electron chi connectivity index (χ3n) is 2.13. The van der Waals surface area contributed by atoms with E-state index in [1.165, 1.54) is 17.2 Å². The zero-order valence-corrected chi connectivity index (χ0v) is 9.97. The first-order valence-electron chi connectivity index (χ1n) is 5.02. The number of aryl methyl sites for hydroxylation is 1. The Morgan fingerprint density at radius 3 is 3.00 bits per heavy atom. The predicted molar refractivity (Wildman–Crippen MR) is 62.5 cm³/mol. The van der Waals surface area contributed by atoms with Crippen LogP contribution in [0.5, 0.6) is 0 Å². The number of rotatable bonds is 6. The molecule has 0 spiro atoms. The first kappa shape index (κ1) is 11.6. The van der Waals surface area contributed by atoms with E-state index < -0.39 is 0 Å². The molecule has 0 bridgehead atoms. The van der Waals surface area contributed by atoms with Gasteiger partial charge in [0.05, 0.1) is 5.69 Å². The molecule has 0 radical (unpaired) electrons. The summed E-state index contributed by atoms with van der Waals surface area (Å²) in [4.78, 5) is 0. The molecule has 1 unspecified atom stereocenters. The highest BCUT2D eigenvalue weighted by atomic mass is 32.2. The summed E-state index contributed by atoms with van der Waals surface area (Å²) in [7, 11) is 1.97. The molecule has 0 fully saturated rings. The summed E-state index contributed by atoms with van der Waals surface area (Å²) in [5.41, 5.74) is 1.23. The van der Waals surface area contributed by atoms with Gasteiger partial charge >= 0.3 is 0 Å². The maximum atomic E-state index is 4.13. The Kier molecular flexibility index (Phi) is 5.04. The number of hydrogen-bond acceptors (Lipinski definition) is 3. The number of thioether (sulfide) groups is 1. The molecule has 1 aromatic heterocycles. The first-order valence-corrected chi connectivity index (χ1v) is 6.17. The molecule has 0 aliphatic heterocycles. The summed E-state index contributed by atoms with van der Waals surface area (Å²) in [5, 5.41) is 7.61. The van der Waals surface area contributed by atoms with Gasteiger partial charge in [0.25, 0.3) is 0 Å². The lowest BCUT2D eigenvalue weighted by Gasteiger charge is -2.12. The summed E-state index contributed by atoms with van der Waals surface area (Å²) in [6.07, 6.45) is 1.84. The van der Waals surface area contributed by atoms with Crippen molar-refractivity contribution in [3.63, 3.8) is 0 Å². The molecule has 4 heteroatoms. The van der Waals surface area contributed by atoms with Crippen LogP contribution in [0.3, 0.4) is 0 Å². The van der Waals surface area contributed by atoms with Gasteiger partial charge < -0.3 is 5.32 Å². The van der Waals surface area contributed by atoms with E-state index >= 15 is 0 Å². The predicted octanol–water partition coefficient (Wildman–Crippen LogP) is 1.65.